The lowest BCUT2D eigenvalue weighted by Crippen LogP contribution is -2.36. The molecule has 92 valence electrons. The summed E-state index contributed by atoms with van der Waals surface area (Å²) in [6.07, 6.45) is 3.49. The lowest BCUT2D eigenvalue weighted by Gasteiger charge is -2.33. The van der Waals surface area contributed by atoms with Crippen LogP contribution in [0.25, 0.3) is 0 Å². The number of nitrogens with two attached hydrogens (primary N) is 1. The first-order valence-corrected chi connectivity index (χ1v) is 6.37. The second-order valence-corrected chi connectivity index (χ2v) is 4.96. The van der Waals surface area contributed by atoms with Crippen LogP contribution in [-0.2, 0) is 0 Å². The third kappa shape index (κ3) is 2.96. The van der Waals surface area contributed by atoms with Gasteiger partial charge in [-0.2, -0.15) is 0 Å². The molecule has 0 saturated heterocycles. The Balaban J connectivity index is 2.13. The molecule has 17 heavy (non-hydrogen) atoms. The molecule has 1 aliphatic heterocycles. The van der Waals surface area contributed by atoms with Gasteiger partial charge in [0.05, 0.1) is 0 Å². The summed E-state index contributed by atoms with van der Waals surface area (Å²) in [5.74, 6) is 0. The van der Waals surface area contributed by atoms with Crippen molar-refractivity contribution in [2.45, 2.75) is 26.3 Å². The fraction of sp³-hybridized carbons (Fsp3) is 0.467. The van der Waals surface area contributed by atoms with Crippen molar-refractivity contribution in [2.24, 2.45) is 5.73 Å². The van der Waals surface area contributed by atoms with Crippen LogP contribution in [0.3, 0.4) is 0 Å². The molecule has 1 atom stereocenters. The van der Waals surface area contributed by atoms with Crippen LogP contribution in [0.2, 0.25) is 0 Å². The molecular formula is C15H22N2. The summed E-state index contributed by atoms with van der Waals surface area (Å²) in [6, 6.07) is 9.11. The molecule has 1 aromatic rings. The summed E-state index contributed by atoms with van der Waals surface area (Å²) >= 11 is 0. The van der Waals surface area contributed by atoms with E-state index in [0.29, 0.717) is 12.6 Å². The van der Waals surface area contributed by atoms with E-state index >= 15 is 0 Å². The normalized spacial score (nSPS) is 18.9. The maximum Gasteiger partial charge on any atom is 0.0473 e. The first-order chi connectivity index (χ1) is 8.20. The van der Waals surface area contributed by atoms with E-state index in [1.165, 1.54) is 23.1 Å². The van der Waals surface area contributed by atoms with Crippen LogP contribution < -0.4 is 5.73 Å². The van der Waals surface area contributed by atoms with Crippen molar-refractivity contribution < 1.29 is 0 Å². The van der Waals surface area contributed by atoms with Gasteiger partial charge >= 0.3 is 0 Å². The molecule has 1 aromatic carbocycles. The molecule has 2 N–H and O–H groups in total. The zero-order chi connectivity index (χ0) is 12.3. The molecule has 2 nitrogen and oxygen atoms in total. The summed E-state index contributed by atoms with van der Waals surface area (Å²) in [7, 11) is 0. The maximum atomic E-state index is 5.95. The SMILES string of the molecule is CC1=CCN(C(CN)c2ccc(C)cc2)CC1. The Labute approximate surface area is 104 Å². The molecule has 2 rings (SSSR count). The van der Waals surface area contributed by atoms with Gasteiger partial charge in [-0.1, -0.05) is 41.5 Å². The molecule has 0 bridgehead atoms. The fourth-order valence-corrected chi connectivity index (χ4v) is 2.35. The van der Waals surface area contributed by atoms with Crippen LogP contribution in [0, 0.1) is 6.92 Å². The van der Waals surface area contributed by atoms with E-state index in [0.717, 1.165) is 13.1 Å². The van der Waals surface area contributed by atoms with Gasteiger partial charge in [-0.25, -0.2) is 0 Å². The molecule has 0 aromatic heterocycles. The highest BCUT2D eigenvalue weighted by Gasteiger charge is 2.19. The number of rotatable bonds is 3. The van der Waals surface area contributed by atoms with Crippen molar-refractivity contribution in [3.8, 4) is 0 Å². The predicted octanol–water partition coefficient (Wildman–Crippen LogP) is 2.65. The van der Waals surface area contributed by atoms with E-state index in [2.05, 4.69) is 49.1 Å². The highest BCUT2D eigenvalue weighted by molar-refractivity contribution is 5.25. The van der Waals surface area contributed by atoms with Crippen molar-refractivity contribution in [2.75, 3.05) is 19.6 Å². The topological polar surface area (TPSA) is 29.3 Å². The number of aryl methyl sites for hydroxylation is 1. The second-order valence-electron chi connectivity index (χ2n) is 4.96. The molecule has 2 heteroatoms. The summed E-state index contributed by atoms with van der Waals surface area (Å²) in [5, 5.41) is 0. The summed E-state index contributed by atoms with van der Waals surface area (Å²) < 4.78 is 0. The lowest BCUT2D eigenvalue weighted by atomic mass is 10.0. The Kier molecular flexibility index (Phi) is 3.97. The smallest absolute Gasteiger partial charge is 0.0473 e. The molecule has 0 fully saturated rings. The highest BCUT2D eigenvalue weighted by Crippen LogP contribution is 2.23. The quantitative estimate of drug-likeness (QED) is 0.809. The monoisotopic (exact) mass is 230 g/mol. The lowest BCUT2D eigenvalue weighted by molar-refractivity contribution is 0.217. The van der Waals surface area contributed by atoms with Crippen LogP contribution in [0.5, 0.6) is 0 Å². The first-order valence-electron chi connectivity index (χ1n) is 6.37. The van der Waals surface area contributed by atoms with E-state index < -0.39 is 0 Å². The standard InChI is InChI=1S/C15H22N2/c1-12-3-5-14(6-4-12)15(11-16)17-9-7-13(2)8-10-17/h3-7,15H,8-11,16H2,1-2H3. The Morgan fingerprint density at radius 2 is 1.94 bits per heavy atom. The van der Waals surface area contributed by atoms with Gasteiger partial charge in [0.15, 0.2) is 0 Å². The summed E-state index contributed by atoms with van der Waals surface area (Å²) in [5.41, 5.74) is 10.1. The Hall–Kier alpha value is -1.12. The third-order valence-corrected chi connectivity index (χ3v) is 3.59. The number of nitrogens with zero attached hydrogens (tertiary/aromatic N) is 1. The number of benzene rings is 1. The van der Waals surface area contributed by atoms with Crippen LogP contribution in [0.1, 0.15) is 30.5 Å². The van der Waals surface area contributed by atoms with E-state index in [9.17, 15) is 0 Å². The largest absolute Gasteiger partial charge is 0.329 e. The number of hydrogen-bond acceptors (Lipinski definition) is 2. The molecule has 0 amide bonds. The predicted molar refractivity (Wildman–Crippen MR) is 72.9 cm³/mol. The average molecular weight is 230 g/mol. The molecule has 0 radical (unpaired) electrons. The molecular weight excluding hydrogens is 208 g/mol. The van der Waals surface area contributed by atoms with Gasteiger partial charge in [0, 0.05) is 25.7 Å². The molecule has 1 unspecified atom stereocenters. The van der Waals surface area contributed by atoms with E-state index in [1.807, 2.05) is 0 Å². The van der Waals surface area contributed by atoms with Crippen molar-refractivity contribution in [3.63, 3.8) is 0 Å². The van der Waals surface area contributed by atoms with E-state index in [4.69, 9.17) is 5.73 Å². The summed E-state index contributed by atoms with van der Waals surface area (Å²) in [6.45, 7) is 7.17. The maximum absolute atomic E-state index is 5.95. The third-order valence-electron chi connectivity index (χ3n) is 3.59. The molecule has 0 saturated carbocycles. The molecule has 1 aliphatic rings. The van der Waals surface area contributed by atoms with Gasteiger partial charge in [0.2, 0.25) is 0 Å². The zero-order valence-corrected chi connectivity index (χ0v) is 10.8. The van der Waals surface area contributed by atoms with Crippen LogP contribution in [0.4, 0.5) is 0 Å². The average Bonchev–Trinajstić information content (AvgIpc) is 2.35. The van der Waals surface area contributed by atoms with Crippen molar-refractivity contribution in [1.82, 2.24) is 4.90 Å². The van der Waals surface area contributed by atoms with E-state index in [1.54, 1.807) is 0 Å². The molecule has 0 aliphatic carbocycles. The minimum absolute atomic E-state index is 0.361. The van der Waals surface area contributed by atoms with Gasteiger partial charge in [0.25, 0.3) is 0 Å². The highest BCUT2D eigenvalue weighted by atomic mass is 15.2. The number of hydrogen-bond donors (Lipinski definition) is 1. The van der Waals surface area contributed by atoms with Crippen molar-refractivity contribution >= 4 is 0 Å². The van der Waals surface area contributed by atoms with Gasteiger partial charge in [-0.15, -0.1) is 0 Å². The Morgan fingerprint density at radius 1 is 1.24 bits per heavy atom. The van der Waals surface area contributed by atoms with Crippen LogP contribution in [-0.4, -0.2) is 24.5 Å². The molecule has 0 spiro atoms. The van der Waals surface area contributed by atoms with Gasteiger partial charge in [0.1, 0.15) is 0 Å². The summed E-state index contributed by atoms with van der Waals surface area (Å²) in [4.78, 5) is 2.47. The van der Waals surface area contributed by atoms with E-state index in [-0.39, 0.29) is 0 Å². The van der Waals surface area contributed by atoms with Gasteiger partial charge in [-0.05, 0) is 25.8 Å². The minimum Gasteiger partial charge on any atom is -0.329 e. The Bertz CT molecular complexity index is 392. The van der Waals surface area contributed by atoms with Gasteiger partial charge < -0.3 is 5.73 Å². The van der Waals surface area contributed by atoms with Crippen molar-refractivity contribution in [3.05, 3.63) is 47.0 Å². The van der Waals surface area contributed by atoms with Gasteiger partial charge in [-0.3, -0.25) is 4.90 Å². The van der Waals surface area contributed by atoms with Crippen molar-refractivity contribution in [1.29, 1.82) is 0 Å². The second kappa shape index (κ2) is 5.48. The minimum atomic E-state index is 0.361. The molecule has 1 heterocycles. The first kappa shape index (κ1) is 12.3. The Morgan fingerprint density at radius 3 is 2.47 bits per heavy atom. The van der Waals surface area contributed by atoms with Crippen LogP contribution in [0.15, 0.2) is 35.9 Å². The zero-order valence-electron chi connectivity index (χ0n) is 10.8. The van der Waals surface area contributed by atoms with Crippen LogP contribution >= 0.6 is 0 Å². The fourth-order valence-electron chi connectivity index (χ4n) is 2.35.